The lowest BCUT2D eigenvalue weighted by atomic mass is 10.1. The Kier molecular flexibility index (Phi) is 3.46. The van der Waals surface area contributed by atoms with Crippen molar-refractivity contribution >= 4 is 44.2 Å². The number of aromatic nitrogens is 3. The molecule has 31 heavy (non-hydrogen) atoms. The Morgan fingerprint density at radius 1 is 0.903 bits per heavy atom. The van der Waals surface area contributed by atoms with Crippen molar-refractivity contribution in [1.82, 2.24) is 14.4 Å². The molecule has 6 rings (SSSR count). The van der Waals surface area contributed by atoms with Crippen molar-refractivity contribution in [3.05, 3.63) is 93.3 Å². The van der Waals surface area contributed by atoms with Crippen LogP contribution in [0, 0.1) is 10.1 Å². The summed E-state index contributed by atoms with van der Waals surface area (Å²) < 4.78 is 7.31. The highest BCUT2D eigenvalue weighted by Crippen LogP contribution is 2.30. The molecule has 8 heteroatoms. The van der Waals surface area contributed by atoms with Gasteiger partial charge in [-0.2, -0.15) is 0 Å². The van der Waals surface area contributed by atoms with Gasteiger partial charge in [-0.1, -0.05) is 24.3 Å². The number of nitro groups is 1. The summed E-state index contributed by atoms with van der Waals surface area (Å²) in [7, 11) is 0. The van der Waals surface area contributed by atoms with Gasteiger partial charge in [0.15, 0.2) is 5.82 Å². The van der Waals surface area contributed by atoms with E-state index in [-0.39, 0.29) is 16.8 Å². The van der Waals surface area contributed by atoms with Gasteiger partial charge in [0, 0.05) is 22.9 Å². The fourth-order valence-electron chi connectivity index (χ4n) is 3.91. The zero-order chi connectivity index (χ0) is 21.1. The van der Waals surface area contributed by atoms with E-state index in [0.717, 1.165) is 16.4 Å². The van der Waals surface area contributed by atoms with Crippen molar-refractivity contribution in [3.63, 3.8) is 0 Å². The highest BCUT2D eigenvalue weighted by atomic mass is 16.6. The largest absolute Gasteiger partial charge is 0.422 e. The van der Waals surface area contributed by atoms with Crippen LogP contribution in [0.3, 0.4) is 0 Å². The molecule has 0 amide bonds. The summed E-state index contributed by atoms with van der Waals surface area (Å²) in [6.45, 7) is 0. The van der Waals surface area contributed by atoms with Crippen molar-refractivity contribution in [3.8, 4) is 11.4 Å². The Morgan fingerprint density at radius 3 is 2.52 bits per heavy atom. The molecule has 3 heterocycles. The van der Waals surface area contributed by atoms with Crippen LogP contribution in [0.15, 0.2) is 82.0 Å². The molecule has 0 bridgehead atoms. The number of hydrogen-bond donors (Lipinski definition) is 0. The normalized spacial score (nSPS) is 11.6. The van der Waals surface area contributed by atoms with E-state index in [0.29, 0.717) is 22.4 Å². The van der Waals surface area contributed by atoms with E-state index in [1.165, 1.54) is 18.2 Å². The number of nitrogens with zero attached hydrogens (tertiary/aromatic N) is 4. The van der Waals surface area contributed by atoms with Gasteiger partial charge in [-0.15, -0.1) is 0 Å². The van der Waals surface area contributed by atoms with Gasteiger partial charge >= 0.3 is 5.63 Å². The molecular formula is C23H12N4O4. The minimum atomic E-state index is -0.580. The molecule has 148 valence electrons. The molecule has 0 saturated heterocycles. The minimum Gasteiger partial charge on any atom is -0.422 e. The summed E-state index contributed by atoms with van der Waals surface area (Å²) >= 11 is 0. The SMILES string of the molecule is O=c1oc2ccc([N+](=O)[O-])cc2cc1-c1nc2ccccc2c2nc3ccccc3n12. The van der Waals surface area contributed by atoms with Gasteiger partial charge in [0.05, 0.1) is 21.5 Å². The molecular weight excluding hydrogens is 396 g/mol. The van der Waals surface area contributed by atoms with Crippen LogP contribution in [0.5, 0.6) is 0 Å². The van der Waals surface area contributed by atoms with Crippen LogP contribution in [0.25, 0.3) is 49.9 Å². The molecule has 0 atom stereocenters. The average molecular weight is 408 g/mol. The lowest BCUT2D eigenvalue weighted by Gasteiger charge is -2.09. The maximum Gasteiger partial charge on any atom is 0.347 e. The number of nitro benzene ring substituents is 1. The predicted octanol–water partition coefficient (Wildman–Crippen LogP) is 4.72. The van der Waals surface area contributed by atoms with E-state index >= 15 is 0 Å². The van der Waals surface area contributed by atoms with Crippen molar-refractivity contribution in [2.45, 2.75) is 0 Å². The Labute approximate surface area is 173 Å². The summed E-state index contributed by atoms with van der Waals surface area (Å²) in [5, 5.41) is 12.5. The third-order valence-corrected chi connectivity index (χ3v) is 5.31. The van der Waals surface area contributed by atoms with Gasteiger partial charge in [0.1, 0.15) is 16.8 Å². The number of para-hydroxylation sites is 3. The van der Waals surface area contributed by atoms with Crippen molar-refractivity contribution < 1.29 is 9.34 Å². The Bertz CT molecular complexity index is 1750. The third-order valence-electron chi connectivity index (χ3n) is 5.31. The number of benzene rings is 3. The number of hydrogen-bond acceptors (Lipinski definition) is 6. The average Bonchev–Trinajstić information content (AvgIpc) is 3.18. The summed E-state index contributed by atoms with van der Waals surface area (Å²) in [5.74, 6) is 0.365. The summed E-state index contributed by atoms with van der Waals surface area (Å²) in [6, 6.07) is 20.8. The van der Waals surface area contributed by atoms with E-state index in [1.807, 2.05) is 52.9 Å². The fourth-order valence-corrected chi connectivity index (χ4v) is 3.91. The van der Waals surface area contributed by atoms with Crippen LogP contribution < -0.4 is 5.63 Å². The molecule has 8 nitrogen and oxygen atoms in total. The van der Waals surface area contributed by atoms with Crippen LogP contribution in [-0.4, -0.2) is 19.3 Å². The van der Waals surface area contributed by atoms with Crippen LogP contribution in [0.1, 0.15) is 0 Å². The first kappa shape index (κ1) is 17.3. The molecule has 0 aliphatic carbocycles. The van der Waals surface area contributed by atoms with Crippen LogP contribution >= 0.6 is 0 Å². The third kappa shape index (κ3) is 2.52. The monoisotopic (exact) mass is 408 g/mol. The quantitative estimate of drug-likeness (QED) is 0.233. The molecule has 3 aromatic carbocycles. The number of fused-ring (bicyclic) bond motifs is 6. The number of rotatable bonds is 2. The molecule has 0 saturated carbocycles. The Hall–Kier alpha value is -4.59. The molecule has 0 N–H and O–H groups in total. The van der Waals surface area contributed by atoms with E-state index in [4.69, 9.17) is 14.4 Å². The van der Waals surface area contributed by atoms with Crippen molar-refractivity contribution in [1.29, 1.82) is 0 Å². The van der Waals surface area contributed by atoms with Gasteiger partial charge < -0.3 is 4.42 Å². The standard InChI is InChI=1S/C23H12N4O4/c28-23-16(12-13-11-14(27(29)30)9-10-20(13)31-23)22-24-17-6-2-1-5-15(17)21-25-18-7-3-4-8-19(18)26(21)22/h1-12H. The van der Waals surface area contributed by atoms with Crippen LogP contribution in [-0.2, 0) is 0 Å². The predicted molar refractivity (Wildman–Crippen MR) is 116 cm³/mol. The number of non-ortho nitro benzene ring substituents is 1. The molecule has 0 radical (unpaired) electrons. The zero-order valence-electron chi connectivity index (χ0n) is 15.9. The van der Waals surface area contributed by atoms with Crippen molar-refractivity contribution in [2.24, 2.45) is 0 Å². The van der Waals surface area contributed by atoms with E-state index < -0.39 is 10.5 Å². The second-order valence-corrected chi connectivity index (χ2v) is 7.14. The summed E-state index contributed by atoms with van der Waals surface area (Å²) in [5.41, 5.74) is 2.71. The molecule has 3 aromatic heterocycles. The smallest absolute Gasteiger partial charge is 0.347 e. The second-order valence-electron chi connectivity index (χ2n) is 7.14. The topological polar surface area (TPSA) is 104 Å². The molecule has 0 aliphatic heterocycles. The second kappa shape index (κ2) is 6.20. The zero-order valence-corrected chi connectivity index (χ0v) is 15.9. The first-order chi connectivity index (χ1) is 15.1. The lowest BCUT2D eigenvalue weighted by Crippen LogP contribution is -2.08. The minimum absolute atomic E-state index is 0.0861. The van der Waals surface area contributed by atoms with Crippen molar-refractivity contribution in [2.75, 3.05) is 0 Å². The van der Waals surface area contributed by atoms with Gasteiger partial charge in [0.25, 0.3) is 5.69 Å². The van der Waals surface area contributed by atoms with Gasteiger partial charge in [-0.05, 0) is 36.4 Å². The fraction of sp³-hybridized carbons (Fsp3) is 0. The first-order valence-corrected chi connectivity index (χ1v) is 9.49. The van der Waals surface area contributed by atoms with E-state index in [2.05, 4.69) is 0 Å². The molecule has 0 aliphatic rings. The van der Waals surface area contributed by atoms with Crippen LogP contribution in [0.2, 0.25) is 0 Å². The molecule has 0 unspecified atom stereocenters. The maximum absolute atomic E-state index is 12.9. The maximum atomic E-state index is 12.9. The summed E-state index contributed by atoms with van der Waals surface area (Å²) in [4.78, 5) is 33.1. The summed E-state index contributed by atoms with van der Waals surface area (Å²) in [6.07, 6.45) is 0. The highest BCUT2D eigenvalue weighted by Gasteiger charge is 2.19. The molecule has 0 spiro atoms. The van der Waals surface area contributed by atoms with Crippen LogP contribution in [0.4, 0.5) is 5.69 Å². The Balaban J connectivity index is 1.78. The Morgan fingerprint density at radius 2 is 1.68 bits per heavy atom. The van der Waals surface area contributed by atoms with Gasteiger partial charge in [-0.3, -0.25) is 14.5 Å². The first-order valence-electron chi connectivity index (χ1n) is 9.49. The molecule has 6 aromatic rings. The van der Waals surface area contributed by atoms with E-state index in [1.54, 1.807) is 6.07 Å². The van der Waals surface area contributed by atoms with Gasteiger partial charge in [-0.25, -0.2) is 14.8 Å². The van der Waals surface area contributed by atoms with E-state index in [9.17, 15) is 14.9 Å². The highest BCUT2D eigenvalue weighted by molar-refractivity contribution is 5.98. The lowest BCUT2D eigenvalue weighted by molar-refractivity contribution is -0.384. The molecule has 0 fully saturated rings. The van der Waals surface area contributed by atoms with Gasteiger partial charge in [0.2, 0.25) is 0 Å². The number of imidazole rings is 1.